The Balaban J connectivity index is 2.30. The average Bonchev–Trinajstić information content (AvgIpc) is 2.53. The van der Waals surface area contributed by atoms with Crippen molar-refractivity contribution in [3.63, 3.8) is 0 Å². The molecule has 0 aliphatic rings. The van der Waals surface area contributed by atoms with Crippen molar-refractivity contribution in [2.24, 2.45) is 0 Å². The van der Waals surface area contributed by atoms with Crippen LogP contribution in [0.25, 0.3) is 32.3 Å². The fourth-order valence-electron chi connectivity index (χ4n) is 3.07. The molecule has 1 heteroatoms. The molecule has 0 aliphatic heterocycles. The van der Waals surface area contributed by atoms with Crippen molar-refractivity contribution in [2.45, 2.75) is 0 Å². The third-order valence-corrected chi connectivity index (χ3v) is 4.04. The summed E-state index contributed by atoms with van der Waals surface area (Å²) in [6.45, 7) is 0. The summed E-state index contributed by atoms with van der Waals surface area (Å²) in [7, 11) is 1.98. The zero-order valence-corrected chi connectivity index (χ0v) is 11.4. The van der Waals surface area contributed by atoms with Crippen molar-refractivity contribution in [3.05, 3.63) is 66.7 Å². The molecule has 1 nitrogen and oxygen atoms in total. The maximum atomic E-state index is 3.33. The van der Waals surface area contributed by atoms with Gasteiger partial charge in [0.25, 0.3) is 0 Å². The first-order valence-corrected chi connectivity index (χ1v) is 6.89. The molecule has 0 saturated heterocycles. The zero-order valence-electron chi connectivity index (χ0n) is 11.4. The van der Waals surface area contributed by atoms with Crippen LogP contribution < -0.4 is 5.32 Å². The molecule has 0 unspecified atom stereocenters. The van der Waals surface area contributed by atoms with Gasteiger partial charge in [0.05, 0.1) is 0 Å². The van der Waals surface area contributed by atoms with Gasteiger partial charge in [-0.3, -0.25) is 0 Å². The van der Waals surface area contributed by atoms with Crippen molar-refractivity contribution in [2.75, 3.05) is 12.4 Å². The highest BCUT2D eigenvalue weighted by Gasteiger charge is 2.07. The number of anilines is 1. The van der Waals surface area contributed by atoms with Crippen LogP contribution in [0.2, 0.25) is 0 Å². The molecule has 0 atom stereocenters. The molecule has 0 bridgehead atoms. The highest BCUT2D eigenvalue weighted by atomic mass is 14.8. The Kier molecular flexibility index (Phi) is 2.40. The van der Waals surface area contributed by atoms with Gasteiger partial charge in [0, 0.05) is 18.1 Å². The molecule has 0 saturated carbocycles. The second-order valence-corrected chi connectivity index (χ2v) is 5.10. The Morgan fingerprint density at radius 3 is 2.05 bits per heavy atom. The van der Waals surface area contributed by atoms with E-state index in [1.807, 2.05) is 7.05 Å². The molecular weight excluding hydrogens is 242 g/mol. The second-order valence-electron chi connectivity index (χ2n) is 5.10. The van der Waals surface area contributed by atoms with Crippen LogP contribution in [0.15, 0.2) is 66.7 Å². The molecule has 4 aromatic rings. The third kappa shape index (κ3) is 1.50. The predicted octanol–water partition coefficient (Wildman–Crippen LogP) is 5.19. The van der Waals surface area contributed by atoms with Gasteiger partial charge in [0.15, 0.2) is 0 Å². The lowest BCUT2D eigenvalue weighted by Crippen LogP contribution is -1.91. The molecule has 0 aliphatic carbocycles. The topological polar surface area (TPSA) is 12.0 Å². The molecule has 0 radical (unpaired) electrons. The van der Waals surface area contributed by atoms with Crippen molar-refractivity contribution < 1.29 is 0 Å². The SMILES string of the molecule is CNc1cc2c3ccccc3ccc2c2ccccc12. The van der Waals surface area contributed by atoms with Gasteiger partial charge in [0.1, 0.15) is 0 Å². The van der Waals surface area contributed by atoms with Crippen LogP contribution in [-0.2, 0) is 0 Å². The minimum atomic E-state index is 1.18. The maximum Gasteiger partial charge on any atom is 0.0423 e. The highest BCUT2D eigenvalue weighted by Crippen LogP contribution is 2.35. The molecule has 0 spiro atoms. The molecule has 4 rings (SSSR count). The number of hydrogen-bond donors (Lipinski definition) is 1. The Morgan fingerprint density at radius 1 is 0.600 bits per heavy atom. The summed E-state index contributed by atoms with van der Waals surface area (Å²) in [6.07, 6.45) is 0. The van der Waals surface area contributed by atoms with Crippen LogP contribution in [0.3, 0.4) is 0 Å². The number of rotatable bonds is 1. The maximum absolute atomic E-state index is 3.33. The Bertz CT molecular complexity index is 938. The fraction of sp³-hybridized carbons (Fsp3) is 0.0526. The first kappa shape index (κ1) is 11.3. The van der Waals surface area contributed by atoms with E-state index >= 15 is 0 Å². The summed E-state index contributed by atoms with van der Waals surface area (Å²) in [5, 5.41) is 11.1. The van der Waals surface area contributed by atoms with Crippen LogP contribution in [0, 0.1) is 0 Å². The first-order chi connectivity index (χ1) is 9.88. The van der Waals surface area contributed by atoms with E-state index < -0.39 is 0 Å². The van der Waals surface area contributed by atoms with Crippen molar-refractivity contribution >= 4 is 38.0 Å². The lowest BCUT2D eigenvalue weighted by Gasteiger charge is -2.12. The minimum absolute atomic E-state index is 1.18. The van der Waals surface area contributed by atoms with Crippen LogP contribution in [-0.4, -0.2) is 7.05 Å². The van der Waals surface area contributed by atoms with Crippen molar-refractivity contribution in [3.8, 4) is 0 Å². The fourth-order valence-corrected chi connectivity index (χ4v) is 3.07. The number of fused-ring (bicyclic) bond motifs is 5. The van der Waals surface area contributed by atoms with E-state index in [9.17, 15) is 0 Å². The number of hydrogen-bond acceptors (Lipinski definition) is 1. The van der Waals surface area contributed by atoms with E-state index in [0.29, 0.717) is 0 Å². The van der Waals surface area contributed by atoms with Gasteiger partial charge < -0.3 is 5.32 Å². The zero-order chi connectivity index (χ0) is 13.5. The first-order valence-electron chi connectivity index (χ1n) is 6.89. The van der Waals surface area contributed by atoms with Crippen LogP contribution in [0.4, 0.5) is 5.69 Å². The lowest BCUT2D eigenvalue weighted by atomic mass is 9.96. The molecule has 0 fully saturated rings. The van der Waals surface area contributed by atoms with Gasteiger partial charge >= 0.3 is 0 Å². The van der Waals surface area contributed by atoms with E-state index in [1.165, 1.54) is 38.0 Å². The average molecular weight is 257 g/mol. The Labute approximate surface area is 117 Å². The highest BCUT2D eigenvalue weighted by molar-refractivity contribution is 6.20. The summed E-state index contributed by atoms with van der Waals surface area (Å²) >= 11 is 0. The smallest absolute Gasteiger partial charge is 0.0423 e. The van der Waals surface area contributed by atoms with E-state index in [2.05, 4.69) is 72.0 Å². The van der Waals surface area contributed by atoms with Gasteiger partial charge in [-0.1, -0.05) is 60.7 Å². The van der Waals surface area contributed by atoms with E-state index in [-0.39, 0.29) is 0 Å². The molecule has 96 valence electrons. The monoisotopic (exact) mass is 257 g/mol. The molecule has 1 N–H and O–H groups in total. The number of benzene rings is 4. The molecule has 4 aromatic carbocycles. The van der Waals surface area contributed by atoms with Gasteiger partial charge in [-0.2, -0.15) is 0 Å². The van der Waals surface area contributed by atoms with E-state index in [4.69, 9.17) is 0 Å². The second kappa shape index (κ2) is 4.24. The third-order valence-electron chi connectivity index (χ3n) is 4.04. The van der Waals surface area contributed by atoms with Gasteiger partial charge in [0.2, 0.25) is 0 Å². The van der Waals surface area contributed by atoms with E-state index in [1.54, 1.807) is 0 Å². The van der Waals surface area contributed by atoms with E-state index in [0.717, 1.165) is 0 Å². The van der Waals surface area contributed by atoms with Gasteiger partial charge in [-0.05, 0) is 33.0 Å². The molecular formula is C19H15N. The normalized spacial score (nSPS) is 11.2. The summed E-state index contributed by atoms with van der Waals surface area (Å²) in [5.74, 6) is 0. The van der Waals surface area contributed by atoms with Gasteiger partial charge in [-0.15, -0.1) is 0 Å². The molecule has 0 aromatic heterocycles. The molecule has 0 heterocycles. The Hall–Kier alpha value is -2.54. The quantitative estimate of drug-likeness (QED) is 0.463. The van der Waals surface area contributed by atoms with Crippen LogP contribution >= 0.6 is 0 Å². The van der Waals surface area contributed by atoms with Crippen LogP contribution in [0.1, 0.15) is 0 Å². The summed E-state index contributed by atoms with van der Waals surface area (Å²) in [5.41, 5.74) is 1.18. The Morgan fingerprint density at radius 2 is 1.25 bits per heavy atom. The minimum Gasteiger partial charge on any atom is -0.388 e. The number of nitrogens with one attached hydrogen (secondary N) is 1. The molecule has 20 heavy (non-hydrogen) atoms. The summed E-state index contributed by atoms with van der Waals surface area (Å²) < 4.78 is 0. The van der Waals surface area contributed by atoms with Gasteiger partial charge in [-0.25, -0.2) is 0 Å². The van der Waals surface area contributed by atoms with Crippen molar-refractivity contribution in [1.82, 2.24) is 0 Å². The largest absolute Gasteiger partial charge is 0.388 e. The summed E-state index contributed by atoms with van der Waals surface area (Å²) in [6, 6.07) is 23.9. The molecule has 0 amide bonds. The standard InChI is InChI=1S/C19H15N/c1-20-19-12-18-14-7-3-2-6-13(14)10-11-16(18)15-8-4-5-9-17(15)19/h2-12,20H,1H3. The summed E-state index contributed by atoms with van der Waals surface area (Å²) in [4.78, 5) is 0. The predicted molar refractivity (Wildman–Crippen MR) is 88.5 cm³/mol. The lowest BCUT2D eigenvalue weighted by molar-refractivity contribution is 1.56. The van der Waals surface area contributed by atoms with Crippen LogP contribution in [0.5, 0.6) is 0 Å². The van der Waals surface area contributed by atoms with Crippen molar-refractivity contribution in [1.29, 1.82) is 0 Å².